The van der Waals surface area contributed by atoms with Crippen molar-refractivity contribution in [3.8, 4) is 6.07 Å². The lowest BCUT2D eigenvalue weighted by Crippen LogP contribution is -2.49. The third-order valence-electron chi connectivity index (χ3n) is 2.13. The number of thioether (sulfide) groups is 1. The Morgan fingerprint density at radius 3 is 2.87 bits per heavy atom. The number of nitrogens with zero attached hydrogens (tertiary/aromatic N) is 2. The molecule has 0 bridgehead atoms. The molecule has 5 nitrogen and oxygen atoms in total. The molecule has 0 aliphatic carbocycles. The van der Waals surface area contributed by atoms with E-state index in [-0.39, 0.29) is 6.42 Å². The summed E-state index contributed by atoms with van der Waals surface area (Å²) in [5.74, 6) is 0.729. The Bertz CT molecular complexity index is 385. The molecule has 1 aliphatic heterocycles. The number of nitriles is 1. The van der Waals surface area contributed by atoms with Crippen LogP contribution in [-0.4, -0.2) is 48.9 Å². The molecule has 7 heteroatoms. The second-order valence-corrected chi connectivity index (χ2v) is 6.63. The van der Waals surface area contributed by atoms with Crippen LogP contribution in [0.3, 0.4) is 0 Å². The summed E-state index contributed by atoms with van der Waals surface area (Å²) in [5.41, 5.74) is 0. The summed E-state index contributed by atoms with van der Waals surface area (Å²) in [7, 11) is -3.26. The van der Waals surface area contributed by atoms with Crippen LogP contribution >= 0.6 is 11.8 Å². The van der Waals surface area contributed by atoms with Crippen LogP contribution in [-0.2, 0) is 14.6 Å². The van der Waals surface area contributed by atoms with Gasteiger partial charge in [-0.05, 0) is 0 Å². The normalized spacial score (nSPS) is 22.1. The predicted molar refractivity (Wildman–Crippen MR) is 57.9 cm³/mol. The van der Waals surface area contributed by atoms with Crippen molar-refractivity contribution in [1.82, 2.24) is 4.90 Å². The van der Waals surface area contributed by atoms with Crippen molar-refractivity contribution in [1.29, 1.82) is 5.26 Å². The van der Waals surface area contributed by atoms with E-state index in [2.05, 4.69) is 0 Å². The highest BCUT2D eigenvalue weighted by molar-refractivity contribution is 8.00. The van der Waals surface area contributed by atoms with E-state index in [4.69, 9.17) is 5.26 Å². The molecular formula is C8H12N2O3S2. The summed E-state index contributed by atoms with van der Waals surface area (Å²) in [4.78, 5) is 12.8. The van der Waals surface area contributed by atoms with Crippen molar-refractivity contribution >= 4 is 27.5 Å². The lowest BCUT2D eigenvalue weighted by molar-refractivity contribution is -0.130. The van der Waals surface area contributed by atoms with Gasteiger partial charge in [0.1, 0.15) is 11.8 Å². The van der Waals surface area contributed by atoms with Crippen LogP contribution in [0.5, 0.6) is 0 Å². The Morgan fingerprint density at radius 1 is 1.67 bits per heavy atom. The van der Waals surface area contributed by atoms with Gasteiger partial charge < -0.3 is 4.90 Å². The first-order valence-corrected chi connectivity index (χ1v) is 7.51. The van der Waals surface area contributed by atoms with Crippen molar-refractivity contribution in [3.63, 3.8) is 0 Å². The molecule has 1 amide bonds. The van der Waals surface area contributed by atoms with E-state index < -0.39 is 21.1 Å². The molecule has 1 fully saturated rings. The average molecular weight is 248 g/mol. The zero-order valence-electron chi connectivity index (χ0n) is 8.34. The zero-order valence-corrected chi connectivity index (χ0v) is 9.97. The fourth-order valence-corrected chi connectivity index (χ4v) is 4.23. The van der Waals surface area contributed by atoms with E-state index in [0.717, 1.165) is 12.0 Å². The maximum absolute atomic E-state index is 11.5. The molecule has 15 heavy (non-hydrogen) atoms. The number of hydrogen-bond acceptors (Lipinski definition) is 5. The molecule has 0 aromatic carbocycles. The largest absolute Gasteiger partial charge is 0.323 e. The number of carbonyl (C=O) groups excluding carboxylic acids is 1. The SMILES string of the molecule is CS(=O)(=O)C1CSCCN1C(=O)CC#N. The van der Waals surface area contributed by atoms with Crippen molar-refractivity contribution in [3.05, 3.63) is 0 Å². The molecule has 1 heterocycles. The second kappa shape index (κ2) is 4.86. The van der Waals surface area contributed by atoms with Gasteiger partial charge in [-0.1, -0.05) is 0 Å². The van der Waals surface area contributed by atoms with Gasteiger partial charge in [-0.3, -0.25) is 4.79 Å². The molecule has 0 aromatic rings. The van der Waals surface area contributed by atoms with Crippen LogP contribution in [0.2, 0.25) is 0 Å². The van der Waals surface area contributed by atoms with E-state index in [1.54, 1.807) is 6.07 Å². The Hall–Kier alpha value is -0.740. The predicted octanol–water partition coefficient (Wildman–Crippen LogP) is -0.154. The molecule has 0 saturated carbocycles. The molecule has 84 valence electrons. The van der Waals surface area contributed by atoms with Gasteiger partial charge in [0.25, 0.3) is 0 Å². The van der Waals surface area contributed by atoms with Gasteiger partial charge in [-0.15, -0.1) is 0 Å². The fraction of sp³-hybridized carbons (Fsp3) is 0.750. The summed E-state index contributed by atoms with van der Waals surface area (Å²) in [6.45, 7) is 0.406. The first-order chi connectivity index (χ1) is 6.96. The number of rotatable bonds is 2. The minimum absolute atomic E-state index is 0.253. The van der Waals surface area contributed by atoms with Crippen LogP contribution in [0.4, 0.5) is 0 Å². The van der Waals surface area contributed by atoms with Crippen LogP contribution in [0.25, 0.3) is 0 Å². The van der Waals surface area contributed by atoms with Gasteiger partial charge in [0.05, 0.1) is 6.07 Å². The number of hydrogen-bond donors (Lipinski definition) is 0. The summed E-state index contributed by atoms with van der Waals surface area (Å²) >= 11 is 1.51. The fourth-order valence-electron chi connectivity index (χ4n) is 1.39. The quantitative estimate of drug-likeness (QED) is 0.679. The zero-order chi connectivity index (χ0) is 11.5. The average Bonchev–Trinajstić information content (AvgIpc) is 2.17. The molecule has 1 unspecified atom stereocenters. The first kappa shape index (κ1) is 12.3. The van der Waals surface area contributed by atoms with Gasteiger partial charge in [0.2, 0.25) is 5.91 Å². The molecule has 1 atom stereocenters. The van der Waals surface area contributed by atoms with Gasteiger partial charge in [-0.25, -0.2) is 8.42 Å². The van der Waals surface area contributed by atoms with Crippen molar-refractivity contribution < 1.29 is 13.2 Å². The summed E-state index contributed by atoms with van der Waals surface area (Å²) in [6.07, 6.45) is 0.868. The molecule has 0 spiro atoms. The van der Waals surface area contributed by atoms with Crippen molar-refractivity contribution in [2.45, 2.75) is 11.8 Å². The maximum Gasteiger partial charge on any atom is 0.237 e. The summed E-state index contributed by atoms with van der Waals surface area (Å²) in [5, 5.41) is 7.64. The minimum Gasteiger partial charge on any atom is -0.323 e. The van der Waals surface area contributed by atoms with E-state index in [1.807, 2.05) is 0 Å². The lowest BCUT2D eigenvalue weighted by Gasteiger charge is -2.33. The molecule has 1 rings (SSSR count). The van der Waals surface area contributed by atoms with Gasteiger partial charge in [0.15, 0.2) is 9.84 Å². The van der Waals surface area contributed by atoms with Crippen molar-refractivity contribution in [2.24, 2.45) is 0 Å². The Labute approximate surface area is 93.4 Å². The Morgan fingerprint density at radius 2 is 2.33 bits per heavy atom. The highest BCUT2D eigenvalue weighted by atomic mass is 32.2. The van der Waals surface area contributed by atoms with E-state index in [1.165, 1.54) is 16.7 Å². The van der Waals surface area contributed by atoms with Gasteiger partial charge in [0, 0.05) is 24.3 Å². The Balaban J connectivity index is 2.84. The monoisotopic (exact) mass is 248 g/mol. The smallest absolute Gasteiger partial charge is 0.237 e. The van der Waals surface area contributed by atoms with Crippen LogP contribution in [0.15, 0.2) is 0 Å². The lowest BCUT2D eigenvalue weighted by atomic mass is 10.3. The third-order valence-corrected chi connectivity index (χ3v) is 4.77. The number of amides is 1. The standard InChI is InChI=1S/C8H12N2O3S2/c1-15(12,13)8-6-14-5-4-10(8)7(11)2-3-9/h8H,2,4-6H2,1H3. The topological polar surface area (TPSA) is 78.2 Å². The summed E-state index contributed by atoms with van der Waals surface area (Å²) < 4.78 is 22.8. The highest BCUT2D eigenvalue weighted by Crippen LogP contribution is 2.20. The molecule has 1 saturated heterocycles. The van der Waals surface area contributed by atoms with Gasteiger partial charge >= 0.3 is 0 Å². The summed E-state index contributed by atoms with van der Waals surface area (Å²) in [6, 6.07) is 1.74. The Kier molecular flexibility index (Phi) is 3.99. The molecule has 1 aliphatic rings. The van der Waals surface area contributed by atoms with Gasteiger partial charge in [-0.2, -0.15) is 17.0 Å². The molecule has 0 radical (unpaired) electrons. The van der Waals surface area contributed by atoms with Crippen molar-refractivity contribution in [2.75, 3.05) is 24.3 Å². The number of carbonyl (C=O) groups is 1. The van der Waals surface area contributed by atoms with E-state index in [9.17, 15) is 13.2 Å². The van der Waals surface area contributed by atoms with E-state index in [0.29, 0.717) is 12.3 Å². The molecular weight excluding hydrogens is 236 g/mol. The highest BCUT2D eigenvalue weighted by Gasteiger charge is 2.33. The minimum atomic E-state index is -3.26. The van der Waals surface area contributed by atoms with E-state index >= 15 is 0 Å². The first-order valence-electron chi connectivity index (χ1n) is 4.40. The van der Waals surface area contributed by atoms with Crippen LogP contribution < -0.4 is 0 Å². The second-order valence-electron chi connectivity index (χ2n) is 3.28. The molecule has 0 aromatic heterocycles. The third kappa shape index (κ3) is 3.11. The maximum atomic E-state index is 11.5. The van der Waals surface area contributed by atoms with Crippen LogP contribution in [0.1, 0.15) is 6.42 Å². The number of sulfone groups is 1. The van der Waals surface area contributed by atoms with Crippen LogP contribution in [0, 0.1) is 11.3 Å². The molecule has 0 N–H and O–H groups in total.